The van der Waals surface area contributed by atoms with Gasteiger partial charge >= 0.3 is 0 Å². The van der Waals surface area contributed by atoms with E-state index in [0.29, 0.717) is 17.1 Å². The van der Waals surface area contributed by atoms with Gasteiger partial charge in [-0.25, -0.2) is 0 Å². The van der Waals surface area contributed by atoms with Gasteiger partial charge in [0.25, 0.3) is 0 Å². The van der Waals surface area contributed by atoms with Crippen molar-refractivity contribution in [2.75, 3.05) is 14.2 Å². The number of ketones is 1. The number of carbonyl (C=O) groups is 1. The Morgan fingerprint density at radius 2 is 1.74 bits per heavy atom. The molecule has 104 valence electrons. The van der Waals surface area contributed by atoms with Crippen LogP contribution in [0.1, 0.15) is 48.9 Å². The van der Waals surface area contributed by atoms with Gasteiger partial charge in [0.05, 0.1) is 19.8 Å². The SMILES string of the molecule is COc1ccc(C(=O)C2CCCCCC2)c(OC)c1. The van der Waals surface area contributed by atoms with Crippen LogP contribution in [0, 0.1) is 5.92 Å². The molecule has 19 heavy (non-hydrogen) atoms. The second-order valence-electron chi connectivity index (χ2n) is 5.12. The molecule has 0 spiro atoms. The molecule has 0 atom stereocenters. The Balaban J connectivity index is 2.21. The number of hydrogen-bond donors (Lipinski definition) is 0. The third kappa shape index (κ3) is 3.28. The fourth-order valence-electron chi connectivity index (χ4n) is 2.76. The zero-order valence-corrected chi connectivity index (χ0v) is 11.8. The van der Waals surface area contributed by atoms with Gasteiger partial charge in [0.2, 0.25) is 0 Å². The van der Waals surface area contributed by atoms with Crippen molar-refractivity contribution in [3.8, 4) is 11.5 Å². The maximum atomic E-state index is 12.6. The minimum absolute atomic E-state index is 0.157. The number of rotatable bonds is 4. The van der Waals surface area contributed by atoms with Crippen molar-refractivity contribution in [1.82, 2.24) is 0 Å². The Bertz CT molecular complexity index is 432. The first-order valence-corrected chi connectivity index (χ1v) is 7.02. The van der Waals surface area contributed by atoms with Crippen LogP contribution >= 0.6 is 0 Å². The van der Waals surface area contributed by atoms with Gasteiger partial charge in [0, 0.05) is 12.0 Å². The predicted molar refractivity (Wildman–Crippen MR) is 75.1 cm³/mol. The molecule has 0 radical (unpaired) electrons. The van der Waals surface area contributed by atoms with Crippen molar-refractivity contribution in [2.45, 2.75) is 38.5 Å². The first-order chi connectivity index (χ1) is 9.26. The van der Waals surface area contributed by atoms with Crippen LogP contribution in [0.15, 0.2) is 18.2 Å². The zero-order valence-electron chi connectivity index (χ0n) is 11.8. The van der Waals surface area contributed by atoms with Gasteiger partial charge < -0.3 is 9.47 Å². The molecule has 1 aromatic carbocycles. The molecule has 1 aromatic rings. The van der Waals surface area contributed by atoms with Crippen LogP contribution in [0.5, 0.6) is 11.5 Å². The third-order valence-corrected chi connectivity index (χ3v) is 3.90. The molecule has 3 heteroatoms. The summed E-state index contributed by atoms with van der Waals surface area (Å²) in [5, 5.41) is 0. The van der Waals surface area contributed by atoms with Gasteiger partial charge in [-0.05, 0) is 25.0 Å². The van der Waals surface area contributed by atoms with E-state index in [9.17, 15) is 4.79 Å². The lowest BCUT2D eigenvalue weighted by molar-refractivity contribution is 0.0904. The van der Waals surface area contributed by atoms with E-state index in [1.54, 1.807) is 20.3 Å². The van der Waals surface area contributed by atoms with E-state index in [0.717, 1.165) is 25.7 Å². The molecule has 0 amide bonds. The lowest BCUT2D eigenvalue weighted by Gasteiger charge is -2.15. The van der Waals surface area contributed by atoms with Crippen LogP contribution in [-0.2, 0) is 0 Å². The monoisotopic (exact) mass is 262 g/mol. The fourth-order valence-corrected chi connectivity index (χ4v) is 2.76. The Morgan fingerprint density at radius 3 is 2.32 bits per heavy atom. The van der Waals surface area contributed by atoms with Crippen LogP contribution in [0.3, 0.4) is 0 Å². The summed E-state index contributed by atoms with van der Waals surface area (Å²) in [5.41, 5.74) is 0.690. The smallest absolute Gasteiger partial charge is 0.169 e. The quantitative estimate of drug-likeness (QED) is 0.610. The normalized spacial score (nSPS) is 16.7. The molecule has 2 rings (SSSR count). The standard InChI is InChI=1S/C16H22O3/c1-18-13-9-10-14(15(11-13)19-2)16(17)12-7-5-3-4-6-8-12/h9-12H,3-8H2,1-2H3. The van der Waals surface area contributed by atoms with E-state index in [2.05, 4.69) is 0 Å². The number of hydrogen-bond acceptors (Lipinski definition) is 3. The van der Waals surface area contributed by atoms with Gasteiger partial charge in [-0.15, -0.1) is 0 Å². The highest BCUT2D eigenvalue weighted by atomic mass is 16.5. The highest BCUT2D eigenvalue weighted by Gasteiger charge is 2.24. The van der Waals surface area contributed by atoms with Crippen LogP contribution < -0.4 is 9.47 Å². The molecule has 1 aliphatic rings. The summed E-state index contributed by atoms with van der Waals surface area (Å²) in [6, 6.07) is 5.43. The molecular formula is C16H22O3. The summed E-state index contributed by atoms with van der Waals surface area (Å²) in [4.78, 5) is 12.6. The predicted octanol–water partition coefficient (Wildman–Crippen LogP) is 3.86. The zero-order chi connectivity index (χ0) is 13.7. The molecule has 0 aromatic heterocycles. The van der Waals surface area contributed by atoms with Crippen LogP contribution in [0.2, 0.25) is 0 Å². The molecule has 1 aliphatic carbocycles. The van der Waals surface area contributed by atoms with E-state index in [-0.39, 0.29) is 11.7 Å². The average Bonchev–Trinajstić information content (AvgIpc) is 2.74. The molecule has 1 fully saturated rings. The summed E-state index contributed by atoms with van der Waals surface area (Å²) in [6.07, 6.45) is 6.85. The van der Waals surface area contributed by atoms with Crippen molar-refractivity contribution in [1.29, 1.82) is 0 Å². The Morgan fingerprint density at radius 1 is 1.05 bits per heavy atom. The Hall–Kier alpha value is -1.51. The van der Waals surface area contributed by atoms with Crippen LogP contribution in [0.25, 0.3) is 0 Å². The van der Waals surface area contributed by atoms with Crippen LogP contribution in [-0.4, -0.2) is 20.0 Å². The maximum absolute atomic E-state index is 12.6. The van der Waals surface area contributed by atoms with Crippen molar-refractivity contribution >= 4 is 5.78 Å². The molecule has 0 N–H and O–H groups in total. The highest BCUT2D eigenvalue weighted by Crippen LogP contribution is 2.31. The van der Waals surface area contributed by atoms with Gasteiger partial charge in [0.1, 0.15) is 11.5 Å². The van der Waals surface area contributed by atoms with Crippen molar-refractivity contribution in [2.24, 2.45) is 5.92 Å². The molecule has 0 aliphatic heterocycles. The summed E-state index contributed by atoms with van der Waals surface area (Å²) in [7, 11) is 3.21. The second kappa shape index (κ2) is 6.60. The number of ether oxygens (including phenoxy) is 2. The molecule has 0 heterocycles. The van der Waals surface area contributed by atoms with E-state index >= 15 is 0 Å². The highest BCUT2D eigenvalue weighted by molar-refractivity contribution is 6.00. The minimum Gasteiger partial charge on any atom is -0.497 e. The summed E-state index contributed by atoms with van der Waals surface area (Å²) in [6.45, 7) is 0. The average molecular weight is 262 g/mol. The maximum Gasteiger partial charge on any atom is 0.169 e. The fraction of sp³-hybridized carbons (Fsp3) is 0.562. The largest absolute Gasteiger partial charge is 0.497 e. The van der Waals surface area contributed by atoms with E-state index in [1.165, 1.54) is 12.8 Å². The molecule has 1 saturated carbocycles. The first-order valence-electron chi connectivity index (χ1n) is 7.02. The lowest BCUT2D eigenvalue weighted by Crippen LogP contribution is -2.15. The van der Waals surface area contributed by atoms with Crippen LogP contribution in [0.4, 0.5) is 0 Å². The summed E-state index contributed by atoms with van der Waals surface area (Å²) >= 11 is 0. The number of benzene rings is 1. The Labute approximate surface area is 114 Å². The second-order valence-corrected chi connectivity index (χ2v) is 5.12. The van der Waals surface area contributed by atoms with Crippen molar-refractivity contribution in [3.63, 3.8) is 0 Å². The molecule has 0 unspecified atom stereocenters. The molecule has 0 bridgehead atoms. The van der Waals surface area contributed by atoms with Gasteiger partial charge in [0.15, 0.2) is 5.78 Å². The first kappa shape index (κ1) is 13.9. The van der Waals surface area contributed by atoms with E-state index in [4.69, 9.17) is 9.47 Å². The summed E-state index contributed by atoms with van der Waals surface area (Å²) < 4.78 is 10.5. The van der Waals surface area contributed by atoms with E-state index < -0.39 is 0 Å². The molecule has 3 nitrogen and oxygen atoms in total. The summed E-state index contributed by atoms with van der Waals surface area (Å²) in [5.74, 6) is 1.72. The minimum atomic E-state index is 0.157. The van der Waals surface area contributed by atoms with Gasteiger partial charge in [-0.3, -0.25) is 4.79 Å². The van der Waals surface area contributed by atoms with Gasteiger partial charge in [-0.1, -0.05) is 25.7 Å². The van der Waals surface area contributed by atoms with E-state index in [1.807, 2.05) is 12.1 Å². The lowest BCUT2D eigenvalue weighted by atomic mass is 9.90. The molecule has 0 saturated heterocycles. The third-order valence-electron chi connectivity index (χ3n) is 3.90. The van der Waals surface area contributed by atoms with Gasteiger partial charge in [-0.2, -0.15) is 0 Å². The number of methoxy groups -OCH3 is 2. The van der Waals surface area contributed by atoms with Crippen molar-refractivity contribution < 1.29 is 14.3 Å². The Kier molecular flexibility index (Phi) is 4.83. The topological polar surface area (TPSA) is 35.5 Å². The van der Waals surface area contributed by atoms with Crippen molar-refractivity contribution in [3.05, 3.63) is 23.8 Å². The number of Topliss-reactive ketones (excluding diaryl/α,β-unsaturated/α-hetero) is 1. The number of carbonyl (C=O) groups excluding carboxylic acids is 1. The molecular weight excluding hydrogens is 240 g/mol.